The van der Waals surface area contributed by atoms with Crippen LogP contribution in [0.25, 0.3) is 10.8 Å². The Balaban J connectivity index is 1.68. The smallest absolute Gasteiger partial charge is 0.257 e. The monoisotopic (exact) mass is 345 g/mol. The van der Waals surface area contributed by atoms with Gasteiger partial charge in [0.2, 0.25) is 5.89 Å². The highest BCUT2D eigenvalue weighted by Crippen LogP contribution is 2.27. The molecule has 2 aromatic heterocycles. The quantitative estimate of drug-likeness (QED) is 0.605. The van der Waals surface area contributed by atoms with Gasteiger partial charge in [-0.25, -0.2) is 0 Å². The first-order valence-electron chi connectivity index (χ1n) is 7.38. The van der Waals surface area contributed by atoms with Crippen molar-refractivity contribution in [2.24, 2.45) is 0 Å². The Morgan fingerprint density at radius 2 is 2.00 bits per heavy atom. The number of rotatable bonds is 6. The predicted octanol–water partition coefficient (Wildman–Crippen LogP) is 4.71. The van der Waals surface area contributed by atoms with E-state index in [9.17, 15) is 0 Å². The fourth-order valence-electron chi connectivity index (χ4n) is 2.25. The highest BCUT2D eigenvalue weighted by molar-refractivity contribution is 7.98. The molecule has 4 nitrogen and oxygen atoms in total. The summed E-state index contributed by atoms with van der Waals surface area (Å²) in [5, 5.41) is 10.4. The van der Waals surface area contributed by atoms with Crippen molar-refractivity contribution in [3.05, 3.63) is 53.2 Å². The number of benzene rings is 1. The zero-order valence-corrected chi connectivity index (χ0v) is 15.0. The van der Waals surface area contributed by atoms with E-state index in [1.165, 1.54) is 10.5 Å². The molecule has 1 unspecified atom stereocenters. The second-order valence-corrected chi connectivity index (χ2v) is 7.19. The van der Waals surface area contributed by atoms with E-state index in [0.717, 1.165) is 11.4 Å². The van der Waals surface area contributed by atoms with E-state index in [1.54, 1.807) is 23.1 Å². The molecule has 0 aliphatic rings. The molecule has 0 aliphatic carbocycles. The summed E-state index contributed by atoms with van der Waals surface area (Å²) in [5.74, 6) is 1.25. The van der Waals surface area contributed by atoms with E-state index >= 15 is 0 Å². The van der Waals surface area contributed by atoms with Crippen LogP contribution in [0.2, 0.25) is 0 Å². The third-order valence-electron chi connectivity index (χ3n) is 3.78. The molecular weight excluding hydrogens is 326 g/mol. The number of aromatic nitrogens is 2. The van der Waals surface area contributed by atoms with Gasteiger partial charge in [0.25, 0.3) is 5.89 Å². The van der Waals surface area contributed by atoms with Gasteiger partial charge in [-0.1, -0.05) is 18.2 Å². The summed E-state index contributed by atoms with van der Waals surface area (Å²) in [6.45, 7) is 2.93. The molecule has 1 atom stereocenters. The zero-order chi connectivity index (χ0) is 16.2. The topological polar surface area (TPSA) is 42.2 Å². The average Bonchev–Trinajstić information content (AvgIpc) is 3.26. The van der Waals surface area contributed by atoms with Crippen molar-refractivity contribution in [1.82, 2.24) is 15.1 Å². The lowest BCUT2D eigenvalue weighted by Crippen LogP contribution is -2.22. The van der Waals surface area contributed by atoms with Gasteiger partial charge in [-0.2, -0.15) is 0 Å². The molecule has 23 heavy (non-hydrogen) atoms. The highest BCUT2D eigenvalue weighted by Gasteiger charge is 2.19. The summed E-state index contributed by atoms with van der Waals surface area (Å²) in [6.07, 6.45) is 2.09. The largest absolute Gasteiger partial charge is 0.418 e. The molecule has 0 radical (unpaired) electrons. The van der Waals surface area contributed by atoms with Crippen LogP contribution in [0, 0.1) is 0 Å². The lowest BCUT2D eigenvalue weighted by molar-refractivity contribution is 0.218. The zero-order valence-electron chi connectivity index (χ0n) is 13.4. The van der Waals surface area contributed by atoms with E-state index in [1.807, 2.05) is 17.5 Å². The van der Waals surface area contributed by atoms with Crippen LogP contribution in [0.5, 0.6) is 0 Å². The van der Waals surface area contributed by atoms with Gasteiger partial charge in [-0.15, -0.1) is 33.3 Å². The Kier molecular flexibility index (Phi) is 5.15. The lowest BCUT2D eigenvalue weighted by atomic mass is 10.2. The second-order valence-electron chi connectivity index (χ2n) is 5.36. The molecule has 3 aromatic rings. The molecule has 1 aromatic carbocycles. The molecule has 0 bridgehead atoms. The first-order valence-corrected chi connectivity index (χ1v) is 9.48. The maximum Gasteiger partial charge on any atom is 0.257 e. The molecule has 3 rings (SSSR count). The van der Waals surface area contributed by atoms with Crippen LogP contribution in [0.3, 0.4) is 0 Å². The molecule has 0 N–H and O–H groups in total. The minimum absolute atomic E-state index is 0.0661. The number of nitrogens with zero attached hydrogens (tertiary/aromatic N) is 3. The number of hydrogen-bond acceptors (Lipinski definition) is 6. The standard InChI is InChI=1S/C17H19N3OS2/c1-12(16-18-19-17(21-16)15-5-4-10-23-15)20(2)11-13-6-8-14(22-3)9-7-13/h4-10,12H,11H2,1-3H3. The van der Waals surface area contributed by atoms with Gasteiger partial charge < -0.3 is 4.42 Å². The number of hydrogen-bond donors (Lipinski definition) is 0. The average molecular weight is 345 g/mol. The molecule has 2 heterocycles. The molecule has 0 saturated carbocycles. The molecule has 0 fully saturated rings. The third kappa shape index (κ3) is 3.83. The van der Waals surface area contributed by atoms with Gasteiger partial charge in [0.1, 0.15) is 0 Å². The van der Waals surface area contributed by atoms with Crippen LogP contribution in [0.1, 0.15) is 24.4 Å². The van der Waals surface area contributed by atoms with Crippen LogP contribution in [0.4, 0.5) is 0 Å². The Hall–Kier alpha value is -1.63. The van der Waals surface area contributed by atoms with Gasteiger partial charge in [0.05, 0.1) is 10.9 Å². The van der Waals surface area contributed by atoms with Gasteiger partial charge >= 0.3 is 0 Å². The van der Waals surface area contributed by atoms with Crippen LogP contribution < -0.4 is 0 Å². The molecular formula is C17H19N3OS2. The minimum Gasteiger partial charge on any atom is -0.418 e. The Labute approximate surface area is 144 Å². The Morgan fingerprint density at radius 3 is 2.65 bits per heavy atom. The van der Waals surface area contributed by atoms with E-state index in [0.29, 0.717) is 11.8 Å². The van der Waals surface area contributed by atoms with Gasteiger partial charge in [-0.3, -0.25) is 4.90 Å². The summed E-state index contributed by atoms with van der Waals surface area (Å²) in [4.78, 5) is 4.49. The van der Waals surface area contributed by atoms with Crippen molar-refractivity contribution >= 4 is 23.1 Å². The van der Waals surface area contributed by atoms with Crippen LogP contribution >= 0.6 is 23.1 Å². The summed E-state index contributed by atoms with van der Waals surface area (Å²) in [5.41, 5.74) is 1.27. The van der Waals surface area contributed by atoms with Gasteiger partial charge in [0, 0.05) is 11.4 Å². The molecule has 0 aliphatic heterocycles. The van der Waals surface area contributed by atoms with Crippen LogP contribution in [-0.4, -0.2) is 28.4 Å². The Morgan fingerprint density at radius 1 is 1.22 bits per heavy atom. The number of thiophene rings is 1. The SMILES string of the molecule is CSc1ccc(CN(C)C(C)c2nnc(-c3cccs3)o2)cc1. The third-order valence-corrected chi connectivity index (χ3v) is 5.38. The summed E-state index contributed by atoms with van der Waals surface area (Å²) < 4.78 is 5.83. The van der Waals surface area contributed by atoms with Gasteiger partial charge in [0.15, 0.2) is 0 Å². The molecule has 0 spiro atoms. The summed E-state index contributed by atoms with van der Waals surface area (Å²) in [7, 11) is 2.07. The van der Waals surface area contributed by atoms with Crippen molar-refractivity contribution in [2.45, 2.75) is 24.4 Å². The summed E-state index contributed by atoms with van der Waals surface area (Å²) in [6, 6.07) is 12.7. The fourth-order valence-corrected chi connectivity index (χ4v) is 3.30. The van der Waals surface area contributed by atoms with Crippen molar-refractivity contribution in [3.63, 3.8) is 0 Å². The number of thioether (sulfide) groups is 1. The maximum atomic E-state index is 5.83. The summed E-state index contributed by atoms with van der Waals surface area (Å²) >= 11 is 3.36. The van der Waals surface area contributed by atoms with Crippen molar-refractivity contribution < 1.29 is 4.42 Å². The van der Waals surface area contributed by atoms with Crippen molar-refractivity contribution in [1.29, 1.82) is 0 Å². The highest BCUT2D eigenvalue weighted by atomic mass is 32.2. The molecule has 0 amide bonds. The predicted molar refractivity (Wildman–Crippen MR) is 95.7 cm³/mol. The van der Waals surface area contributed by atoms with Crippen molar-refractivity contribution in [2.75, 3.05) is 13.3 Å². The Bertz CT molecular complexity index is 738. The van der Waals surface area contributed by atoms with Crippen molar-refractivity contribution in [3.8, 4) is 10.8 Å². The molecule has 120 valence electrons. The van der Waals surface area contributed by atoms with Crippen LogP contribution in [0.15, 0.2) is 51.1 Å². The molecule has 0 saturated heterocycles. The second kappa shape index (κ2) is 7.29. The van der Waals surface area contributed by atoms with E-state index in [-0.39, 0.29) is 6.04 Å². The van der Waals surface area contributed by atoms with E-state index in [2.05, 4.69) is 59.6 Å². The lowest BCUT2D eigenvalue weighted by Gasteiger charge is -2.21. The molecule has 6 heteroatoms. The van der Waals surface area contributed by atoms with Crippen LogP contribution in [-0.2, 0) is 6.54 Å². The maximum absolute atomic E-state index is 5.83. The van der Waals surface area contributed by atoms with Gasteiger partial charge in [-0.05, 0) is 49.4 Å². The first kappa shape index (κ1) is 16.2. The first-order chi connectivity index (χ1) is 11.2. The van der Waals surface area contributed by atoms with E-state index in [4.69, 9.17) is 4.42 Å². The van der Waals surface area contributed by atoms with E-state index < -0.39 is 0 Å². The minimum atomic E-state index is 0.0661. The normalized spacial score (nSPS) is 12.7. The fraction of sp³-hybridized carbons (Fsp3) is 0.294.